The van der Waals surface area contributed by atoms with Crippen LogP contribution in [0.25, 0.3) is 0 Å². The molecule has 1 aromatic carbocycles. The smallest absolute Gasteiger partial charge is 0.248 e. The summed E-state index contributed by atoms with van der Waals surface area (Å²) in [5.41, 5.74) is 7.69. The van der Waals surface area contributed by atoms with Gasteiger partial charge in [0.15, 0.2) is 5.82 Å². The summed E-state index contributed by atoms with van der Waals surface area (Å²) in [6.07, 6.45) is 4.02. The number of nitrogens with two attached hydrogens (primary N) is 1. The van der Waals surface area contributed by atoms with E-state index in [2.05, 4.69) is 22.2 Å². The largest absolute Gasteiger partial charge is 0.467 e. The summed E-state index contributed by atoms with van der Waals surface area (Å²) < 4.78 is 11.0. The van der Waals surface area contributed by atoms with E-state index >= 15 is 0 Å². The van der Waals surface area contributed by atoms with Crippen molar-refractivity contribution in [3.63, 3.8) is 0 Å². The van der Waals surface area contributed by atoms with E-state index in [9.17, 15) is 0 Å². The number of ether oxygens (including phenoxy) is 1. The van der Waals surface area contributed by atoms with Gasteiger partial charge < -0.3 is 20.2 Å². The third kappa shape index (κ3) is 3.60. The highest BCUT2D eigenvalue weighted by Gasteiger charge is 2.10. The second-order valence-corrected chi connectivity index (χ2v) is 4.97. The monoisotopic (exact) mass is 310 g/mol. The molecule has 0 bridgehead atoms. The second-order valence-electron chi connectivity index (χ2n) is 4.97. The summed E-state index contributed by atoms with van der Waals surface area (Å²) in [6, 6.07) is 11.5. The van der Waals surface area contributed by atoms with Gasteiger partial charge in [-0.15, -0.1) is 0 Å². The average molecular weight is 310 g/mol. The van der Waals surface area contributed by atoms with Crippen molar-refractivity contribution in [2.45, 2.75) is 19.9 Å². The lowest BCUT2D eigenvalue weighted by molar-refractivity contribution is 0.464. The lowest BCUT2D eigenvalue weighted by Crippen LogP contribution is -2.06. The average Bonchev–Trinajstić information content (AvgIpc) is 3.10. The van der Waals surface area contributed by atoms with Crippen molar-refractivity contribution in [2.75, 3.05) is 11.1 Å². The molecule has 3 rings (SSSR count). The van der Waals surface area contributed by atoms with Gasteiger partial charge in [-0.05, 0) is 36.2 Å². The third-order valence-corrected chi connectivity index (χ3v) is 3.40. The van der Waals surface area contributed by atoms with Crippen LogP contribution in [-0.4, -0.2) is 9.97 Å². The van der Waals surface area contributed by atoms with Crippen LogP contribution >= 0.6 is 0 Å². The molecule has 0 spiro atoms. The summed E-state index contributed by atoms with van der Waals surface area (Å²) >= 11 is 0. The number of rotatable bonds is 6. The molecule has 0 aliphatic heterocycles. The van der Waals surface area contributed by atoms with Crippen LogP contribution in [0.5, 0.6) is 11.6 Å². The Bertz CT molecular complexity index is 755. The van der Waals surface area contributed by atoms with Gasteiger partial charge in [-0.3, -0.25) is 0 Å². The SMILES string of the molecule is CCc1ccc(Oc2ncnc(NCc3ccco3)c2N)cc1. The molecule has 0 unspecified atom stereocenters. The van der Waals surface area contributed by atoms with E-state index in [1.807, 2.05) is 36.4 Å². The second kappa shape index (κ2) is 6.83. The number of furan rings is 1. The van der Waals surface area contributed by atoms with Crippen LogP contribution in [0.15, 0.2) is 53.4 Å². The topological polar surface area (TPSA) is 86.2 Å². The Labute approximate surface area is 134 Å². The van der Waals surface area contributed by atoms with Crippen LogP contribution in [0.4, 0.5) is 11.5 Å². The molecular formula is C17H18N4O2. The number of nitrogens with zero attached hydrogens (tertiary/aromatic N) is 2. The molecule has 6 heteroatoms. The van der Waals surface area contributed by atoms with Crippen LogP contribution in [0, 0.1) is 0 Å². The van der Waals surface area contributed by atoms with Crippen LogP contribution in [-0.2, 0) is 13.0 Å². The van der Waals surface area contributed by atoms with E-state index in [-0.39, 0.29) is 0 Å². The Morgan fingerprint density at radius 3 is 2.70 bits per heavy atom. The zero-order chi connectivity index (χ0) is 16.1. The Morgan fingerprint density at radius 2 is 2.00 bits per heavy atom. The van der Waals surface area contributed by atoms with Crippen molar-refractivity contribution in [1.82, 2.24) is 9.97 Å². The standard InChI is InChI=1S/C17H18N4O2/c1-2-12-5-7-13(8-6-12)23-17-15(18)16(20-11-21-17)19-10-14-4-3-9-22-14/h3-9,11H,2,10,18H2,1H3,(H,19,20,21). The van der Waals surface area contributed by atoms with E-state index in [1.54, 1.807) is 6.26 Å². The molecule has 0 saturated carbocycles. The Balaban J connectivity index is 1.73. The number of aryl methyl sites for hydroxylation is 1. The van der Waals surface area contributed by atoms with E-state index in [1.165, 1.54) is 11.9 Å². The highest BCUT2D eigenvalue weighted by molar-refractivity contribution is 5.66. The fourth-order valence-corrected chi connectivity index (χ4v) is 2.09. The van der Waals surface area contributed by atoms with Gasteiger partial charge in [-0.25, -0.2) is 4.98 Å². The van der Waals surface area contributed by atoms with E-state index < -0.39 is 0 Å². The first-order valence-electron chi connectivity index (χ1n) is 7.39. The zero-order valence-corrected chi connectivity index (χ0v) is 12.8. The van der Waals surface area contributed by atoms with Crippen molar-refractivity contribution >= 4 is 11.5 Å². The van der Waals surface area contributed by atoms with E-state index in [0.29, 0.717) is 29.7 Å². The molecule has 118 valence electrons. The first-order chi connectivity index (χ1) is 11.3. The molecule has 3 N–H and O–H groups in total. The maximum atomic E-state index is 6.08. The molecule has 6 nitrogen and oxygen atoms in total. The number of anilines is 2. The fraction of sp³-hybridized carbons (Fsp3) is 0.176. The Hall–Kier alpha value is -3.02. The van der Waals surface area contributed by atoms with Crippen LogP contribution in [0.2, 0.25) is 0 Å². The molecule has 0 radical (unpaired) electrons. The lowest BCUT2D eigenvalue weighted by Gasteiger charge is -2.11. The van der Waals surface area contributed by atoms with Crippen LogP contribution in [0.1, 0.15) is 18.2 Å². The Morgan fingerprint density at radius 1 is 1.17 bits per heavy atom. The van der Waals surface area contributed by atoms with E-state index in [0.717, 1.165) is 12.2 Å². The van der Waals surface area contributed by atoms with Crippen LogP contribution in [0.3, 0.4) is 0 Å². The van der Waals surface area contributed by atoms with Crippen molar-refractivity contribution in [2.24, 2.45) is 0 Å². The van der Waals surface area contributed by atoms with Crippen molar-refractivity contribution in [3.05, 3.63) is 60.3 Å². The number of benzene rings is 1. The predicted octanol–water partition coefficient (Wildman–Crippen LogP) is 3.62. The van der Waals surface area contributed by atoms with Gasteiger partial charge in [-0.2, -0.15) is 4.98 Å². The first-order valence-corrected chi connectivity index (χ1v) is 7.39. The predicted molar refractivity (Wildman–Crippen MR) is 88.4 cm³/mol. The summed E-state index contributed by atoms with van der Waals surface area (Å²) in [4.78, 5) is 8.24. The Kier molecular flexibility index (Phi) is 4.42. The zero-order valence-electron chi connectivity index (χ0n) is 12.8. The molecule has 3 aromatic rings. The molecule has 2 heterocycles. The molecule has 0 aliphatic carbocycles. The molecule has 0 saturated heterocycles. The minimum atomic E-state index is 0.325. The molecule has 0 amide bonds. The number of aromatic nitrogens is 2. The minimum absolute atomic E-state index is 0.325. The normalized spacial score (nSPS) is 10.5. The summed E-state index contributed by atoms with van der Waals surface area (Å²) in [7, 11) is 0. The van der Waals surface area contributed by atoms with Crippen molar-refractivity contribution in [3.8, 4) is 11.6 Å². The molecule has 0 atom stereocenters. The van der Waals surface area contributed by atoms with Gasteiger partial charge in [0.2, 0.25) is 5.88 Å². The number of nitrogen functional groups attached to an aromatic ring is 1. The van der Waals surface area contributed by atoms with E-state index in [4.69, 9.17) is 14.9 Å². The summed E-state index contributed by atoms with van der Waals surface area (Å²) in [5.74, 6) is 2.31. The van der Waals surface area contributed by atoms with Crippen molar-refractivity contribution < 1.29 is 9.15 Å². The summed E-state index contributed by atoms with van der Waals surface area (Å²) in [5, 5.41) is 3.11. The van der Waals surface area contributed by atoms with Gasteiger partial charge in [0.05, 0.1) is 12.8 Å². The molecule has 23 heavy (non-hydrogen) atoms. The van der Waals surface area contributed by atoms with Crippen LogP contribution < -0.4 is 15.8 Å². The van der Waals surface area contributed by atoms with Gasteiger partial charge in [0.25, 0.3) is 0 Å². The maximum absolute atomic E-state index is 6.08. The quantitative estimate of drug-likeness (QED) is 0.723. The number of hydrogen-bond donors (Lipinski definition) is 2. The maximum Gasteiger partial charge on any atom is 0.248 e. The molecular weight excluding hydrogens is 292 g/mol. The number of nitrogens with one attached hydrogen (secondary N) is 1. The number of hydrogen-bond acceptors (Lipinski definition) is 6. The highest BCUT2D eigenvalue weighted by Crippen LogP contribution is 2.29. The molecule has 0 fully saturated rings. The van der Waals surface area contributed by atoms with Gasteiger partial charge in [0, 0.05) is 0 Å². The van der Waals surface area contributed by atoms with Gasteiger partial charge in [-0.1, -0.05) is 19.1 Å². The highest BCUT2D eigenvalue weighted by atomic mass is 16.5. The summed E-state index contributed by atoms with van der Waals surface area (Å²) in [6.45, 7) is 2.59. The molecule has 2 aromatic heterocycles. The fourth-order valence-electron chi connectivity index (χ4n) is 2.09. The molecule has 0 aliphatic rings. The lowest BCUT2D eigenvalue weighted by atomic mass is 10.2. The minimum Gasteiger partial charge on any atom is -0.467 e. The first kappa shape index (κ1) is 14.9. The third-order valence-electron chi connectivity index (χ3n) is 3.40. The van der Waals surface area contributed by atoms with Gasteiger partial charge in [0.1, 0.15) is 23.5 Å². The van der Waals surface area contributed by atoms with Gasteiger partial charge >= 0.3 is 0 Å². The van der Waals surface area contributed by atoms with Crippen molar-refractivity contribution in [1.29, 1.82) is 0 Å².